The summed E-state index contributed by atoms with van der Waals surface area (Å²) in [6.45, 7) is 1.95. The highest BCUT2D eigenvalue weighted by atomic mass is 16.3. The molecule has 3 N–H and O–H groups in total. The van der Waals surface area contributed by atoms with Crippen LogP contribution in [0, 0.1) is 0 Å². The van der Waals surface area contributed by atoms with E-state index in [1.807, 2.05) is 55.5 Å². The number of nitrogens with one attached hydrogen (secondary N) is 1. The second-order valence-electron chi connectivity index (χ2n) is 5.89. The molecular weight excluding hydrogens is 326 g/mol. The van der Waals surface area contributed by atoms with Gasteiger partial charge in [-0.3, -0.25) is 10.4 Å². The first kappa shape index (κ1) is 17.5. The lowest BCUT2D eigenvalue weighted by atomic mass is 10.00. The lowest BCUT2D eigenvalue weighted by Crippen LogP contribution is -2.10. The first-order valence-corrected chi connectivity index (χ1v) is 8.50. The molecule has 5 heteroatoms. The molecule has 0 aliphatic carbocycles. The van der Waals surface area contributed by atoms with Crippen LogP contribution in [0.15, 0.2) is 72.0 Å². The maximum Gasteiger partial charge on any atom is 0.128 e. The maximum atomic E-state index is 10.4. The summed E-state index contributed by atoms with van der Waals surface area (Å²) >= 11 is 0. The molecule has 0 atom stereocenters. The van der Waals surface area contributed by atoms with Crippen molar-refractivity contribution in [1.29, 1.82) is 0 Å². The molecular formula is C21H21N3O2. The minimum Gasteiger partial charge on any atom is -0.508 e. The number of aromatic hydroxyl groups is 2. The Morgan fingerprint density at radius 3 is 2.46 bits per heavy atom. The van der Waals surface area contributed by atoms with Crippen molar-refractivity contribution in [2.24, 2.45) is 5.10 Å². The first-order valence-electron chi connectivity index (χ1n) is 8.50. The molecule has 1 aromatic heterocycles. The van der Waals surface area contributed by atoms with Crippen LogP contribution in [-0.4, -0.2) is 20.9 Å². The van der Waals surface area contributed by atoms with Crippen LogP contribution in [0.4, 0.5) is 5.69 Å². The number of aromatic nitrogens is 1. The van der Waals surface area contributed by atoms with Gasteiger partial charge in [0.15, 0.2) is 0 Å². The highest BCUT2D eigenvalue weighted by Crippen LogP contribution is 2.29. The van der Waals surface area contributed by atoms with Crippen molar-refractivity contribution in [2.75, 3.05) is 5.43 Å². The quantitative estimate of drug-likeness (QED) is 0.463. The minimum atomic E-state index is -0.00996. The van der Waals surface area contributed by atoms with Crippen LogP contribution in [0.1, 0.15) is 23.7 Å². The van der Waals surface area contributed by atoms with Gasteiger partial charge in [0.2, 0.25) is 0 Å². The topological polar surface area (TPSA) is 77.7 Å². The van der Waals surface area contributed by atoms with E-state index in [4.69, 9.17) is 0 Å². The standard InChI is InChI=1S/C21H21N3O2/c1-2-15-12-18(21(26)14-20(15)25)19(13-17-10-6-7-11-22-17)24-23-16-8-4-3-5-9-16/h3-12,14,23,25-26H,2,13H2,1H3. The fraction of sp³-hybridized carbons (Fsp3) is 0.143. The molecule has 0 saturated heterocycles. The Morgan fingerprint density at radius 2 is 1.77 bits per heavy atom. The smallest absolute Gasteiger partial charge is 0.128 e. The number of benzene rings is 2. The van der Waals surface area contributed by atoms with Crippen molar-refractivity contribution in [3.8, 4) is 11.5 Å². The van der Waals surface area contributed by atoms with Gasteiger partial charge >= 0.3 is 0 Å². The van der Waals surface area contributed by atoms with Crippen molar-refractivity contribution in [1.82, 2.24) is 4.98 Å². The second kappa shape index (κ2) is 8.16. The van der Waals surface area contributed by atoms with Gasteiger partial charge in [0.1, 0.15) is 11.5 Å². The molecule has 2 aromatic carbocycles. The van der Waals surface area contributed by atoms with E-state index in [1.165, 1.54) is 6.07 Å². The number of hydrazone groups is 1. The average Bonchev–Trinajstić information content (AvgIpc) is 2.67. The van der Waals surface area contributed by atoms with Crippen LogP contribution in [0.5, 0.6) is 11.5 Å². The monoisotopic (exact) mass is 347 g/mol. The van der Waals surface area contributed by atoms with Gasteiger partial charge in [-0.2, -0.15) is 5.10 Å². The van der Waals surface area contributed by atoms with Crippen molar-refractivity contribution < 1.29 is 10.2 Å². The predicted molar refractivity (Wildman–Crippen MR) is 104 cm³/mol. The zero-order valence-electron chi connectivity index (χ0n) is 14.6. The third-order valence-corrected chi connectivity index (χ3v) is 4.06. The van der Waals surface area contributed by atoms with E-state index < -0.39 is 0 Å². The maximum absolute atomic E-state index is 10.4. The molecule has 0 aliphatic rings. The number of phenolic OH excluding ortho intramolecular Hbond substituents is 2. The zero-order valence-corrected chi connectivity index (χ0v) is 14.6. The van der Waals surface area contributed by atoms with Crippen LogP contribution < -0.4 is 5.43 Å². The fourth-order valence-corrected chi connectivity index (χ4v) is 2.65. The number of anilines is 1. The van der Waals surface area contributed by atoms with Crippen molar-refractivity contribution in [2.45, 2.75) is 19.8 Å². The summed E-state index contributed by atoms with van der Waals surface area (Å²) in [5.74, 6) is 0.0752. The first-order chi connectivity index (χ1) is 12.7. The predicted octanol–water partition coefficient (Wildman–Crippen LogP) is 4.11. The zero-order chi connectivity index (χ0) is 18.4. The van der Waals surface area contributed by atoms with Crippen molar-refractivity contribution in [3.63, 3.8) is 0 Å². The molecule has 3 aromatic rings. The van der Waals surface area contributed by atoms with E-state index in [2.05, 4.69) is 15.5 Å². The Balaban J connectivity index is 2.00. The normalized spacial score (nSPS) is 11.3. The molecule has 0 saturated carbocycles. The third-order valence-electron chi connectivity index (χ3n) is 4.06. The highest BCUT2D eigenvalue weighted by Gasteiger charge is 2.14. The van der Waals surface area contributed by atoms with Crippen LogP contribution in [0.3, 0.4) is 0 Å². The summed E-state index contributed by atoms with van der Waals surface area (Å²) in [5.41, 5.74) is 6.69. The van der Waals surface area contributed by atoms with Gasteiger partial charge in [0.25, 0.3) is 0 Å². The number of hydrogen-bond acceptors (Lipinski definition) is 5. The van der Waals surface area contributed by atoms with Crippen molar-refractivity contribution in [3.05, 3.63) is 83.7 Å². The lowest BCUT2D eigenvalue weighted by Gasteiger charge is -2.12. The fourth-order valence-electron chi connectivity index (χ4n) is 2.65. The molecule has 0 spiro atoms. The Kier molecular flexibility index (Phi) is 5.49. The third kappa shape index (κ3) is 4.19. The Hall–Kier alpha value is -3.34. The number of hydrogen-bond donors (Lipinski definition) is 3. The van der Waals surface area contributed by atoms with Crippen LogP contribution in [0.25, 0.3) is 0 Å². The number of pyridine rings is 1. The molecule has 0 bridgehead atoms. The molecule has 0 aliphatic heterocycles. The Bertz CT molecular complexity index is 894. The van der Waals surface area contributed by atoms with E-state index in [0.29, 0.717) is 24.1 Å². The molecule has 1 heterocycles. The summed E-state index contributed by atoms with van der Waals surface area (Å²) in [6, 6.07) is 18.4. The van der Waals surface area contributed by atoms with Gasteiger partial charge in [0.05, 0.1) is 11.4 Å². The van der Waals surface area contributed by atoms with Gasteiger partial charge in [-0.1, -0.05) is 31.2 Å². The number of nitrogens with zero attached hydrogens (tertiary/aromatic N) is 2. The summed E-state index contributed by atoms with van der Waals surface area (Å²) in [6.07, 6.45) is 2.83. The molecule has 132 valence electrons. The molecule has 3 rings (SSSR count). The van der Waals surface area contributed by atoms with Gasteiger partial charge in [-0.15, -0.1) is 0 Å². The SMILES string of the molecule is CCc1cc(C(Cc2ccccn2)=NNc2ccccc2)c(O)cc1O. The molecule has 5 nitrogen and oxygen atoms in total. The summed E-state index contributed by atoms with van der Waals surface area (Å²) in [7, 11) is 0. The largest absolute Gasteiger partial charge is 0.508 e. The lowest BCUT2D eigenvalue weighted by molar-refractivity contribution is 0.445. The van der Waals surface area contributed by atoms with Crippen LogP contribution >= 0.6 is 0 Å². The number of para-hydroxylation sites is 1. The van der Waals surface area contributed by atoms with E-state index >= 15 is 0 Å². The molecule has 0 fully saturated rings. The van der Waals surface area contributed by atoms with Gasteiger partial charge in [-0.25, -0.2) is 0 Å². The number of phenols is 2. The molecule has 0 radical (unpaired) electrons. The van der Waals surface area contributed by atoms with Crippen molar-refractivity contribution >= 4 is 11.4 Å². The van der Waals surface area contributed by atoms with E-state index in [-0.39, 0.29) is 11.5 Å². The minimum absolute atomic E-state index is 0.00996. The average molecular weight is 347 g/mol. The van der Waals surface area contributed by atoms with E-state index in [9.17, 15) is 10.2 Å². The second-order valence-corrected chi connectivity index (χ2v) is 5.89. The number of aryl methyl sites for hydroxylation is 1. The van der Waals surface area contributed by atoms with Gasteiger partial charge < -0.3 is 10.2 Å². The van der Waals surface area contributed by atoms with E-state index in [0.717, 1.165) is 16.9 Å². The molecule has 0 amide bonds. The van der Waals surface area contributed by atoms with Gasteiger partial charge in [0, 0.05) is 29.9 Å². The highest BCUT2D eigenvalue weighted by molar-refractivity contribution is 6.04. The van der Waals surface area contributed by atoms with Crippen LogP contribution in [-0.2, 0) is 12.8 Å². The molecule has 0 unspecified atom stereocenters. The Labute approximate surface area is 152 Å². The summed E-state index contributed by atoms with van der Waals surface area (Å²) in [5, 5.41) is 24.8. The van der Waals surface area contributed by atoms with Gasteiger partial charge in [-0.05, 0) is 42.3 Å². The van der Waals surface area contributed by atoms with E-state index in [1.54, 1.807) is 12.3 Å². The Morgan fingerprint density at radius 1 is 1.00 bits per heavy atom. The van der Waals surface area contributed by atoms with Crippen LogP contribution in [0.2, 0.25) is 0 Å². The summed E-state index contributed by atoms with van der Waals surface area (Å²) in [4.78, 5) is 4.35. The number of rotatable bonds is 6. The summed E-state index contributed by atoms with van der Waals surface area (Å²) < 4.78 is 0. The molecule has 26 heavy (non-hydrogen) atoms.